The monoisotopic (exact) mass is 248 g/mol. The van der Waals surface area contributed by atoms with Gasteiger partial charge in [-0.05, 0) is 19.3 Å². The van der Waals surface area contributed by atoms with Gasteiger partial charge in [-0.15, -0.1) is 0 Å². The number of hydrogen-bond donors (Lipinski definition) is 5. The maximum absolute atomic E-state index is 9.94. The van der Waals surface area contributed by atoms with E-state index in [4.69, 9.17) is 9.84 Å². The molecular formula is C11H22NO5+. The van der Waals surface area contributed by atoms with Crippen molar-refractivity contribution in [3.63, 3.8) is 0 Å². The van der Waals surface area contributed by atoms with E-state index >= 15 is 0 Å². The fourth-order valence-corrected chi connectivity index (χ4v) is 2.73. The molecule has 0 radical (unpaired) electrons. The highest BCUT2D eigenvalue weighted by molar-refractivity contribution is 4.88. The summed E-state index contributed by atoms with van der Waals surface area (Å²) in [7, 11) is 0. The maximum atomic E-state index is 9.94. The molecule has 100 valence electrons. The Hall–Kier alpha value is -0.240. The molecule has 0 aromatic heterocycles. The van der Waals surface area contributed by atoms with E-state index in [9.17, 15) is 15.3 Å². The molecule has 0 aromatic rings. The van der Waals surface area contributed by atoms with Crippen LogP contribution in [-0.2, 0) is 4.74 Å². The van der Waals surface area contributed by atoms with Crippen molar-refractivity contribution in [3.8, 4) is 0 Å². The SMILES string of the molecule is OC[C@@H]1O[C@H]([NH+]2CCCCC2)[C@H](O)[C@H](O)[C@@H]1O. The van der Waals surface area contributed by atoms with Crippen molar-refractivity contribution in [2.45, 2.75) is 49.9 Å². The van der Waals surface area contributed by atoms with Crippen molar-refractivity contribution in [1.29, 1.82) is 0 Å². The number of hydrogen-bond acceptors (Lipinski definition) is 5. The molecule has 0 aromatic carbocycles. The van der Waals surface area contributed by atoms with Crippen LogP contribution in [-0.4, -0.2) is 70.8 Å². The van der Waals surface area contributed by atoms with Crippen LogP contribution in [0.2, 0.25) is 0 Å². The van der Waals surface area contributed by atoms with Gasteiger partial charge in [-0.3, -0.25) is 0 Å². The summed E-state index contributed by atoms with van der Waals surface area (Å²) in [6.07, 6.45) is -1.61. The van der Waals surface area contributed by atoms with Crippen molar-refractivity contribution < 1.29 is 30.1 Å². The summed E-state index contributed by atoms with van der Waals surface area (Å²) in [5.74, 6) is 0. The van der Waals surface area contributed by atoms with Crippen LogP contribution in [0, 0.1) is 0 Å². The third-order valence-electron chi connectivity index (χ3n) is 3.79. The van der Waals surface area contributed by atoms with Gasteiger partial charge in [-0.25, -0.2) is 0 Å². The molecule has 2 fully saturated rings. The zero-order valence-electron chi connectivity index (χ0n) is 9.83. The van der Waals surface area contributed by atoms with Crippen LogP contribution in [0.25, 0.3) is 0 Å². The van der Waals surface area contributed by atoms with Crippen molar-refractivity contribution in [1.82, 2.24) is 0 Å². The molecule has 17 heavy (non-hydrogen) atoms. The first-order valence-corrected chi connectivity index (χ1v) is 6.30. The quantitative estimate of drug-likeness (QED) is 0.356. The minimum atomic E-state index is -1.25. The van der Waals surface area contributed by atoms with Crippen LogP contribution in [0.1, 0.15) is 19.3 Å². The Kier molecular flexibility index (Phi) is 4.35. The molecule has 5 N–H and O–H groups in total. The summed E-state index contributed by atoms with van der Waals surface area (Å²) in [6, 6.07) is 0. The van der Waals surface area contributed by atoms with Crippen LogP contribution in [0.3, 0.4) is 0 Å². The highest BCUT2D eigenvalue weighted by atomic mass is 16.6. The summed E-state index contributed by atoms with van der Waals surface area (Å²) in [5.41, 5.74) is 0. The van der Waals surface area contributed by atoms with Crippen LogP contribution >= 0.6 is 0 Å². The number of quaternary nitrogens is 1. The lowest BCUT2D eigenvalue weighted by Gasteiger charge is -2.43. The Bertz CT molecular complexity index is 242. The number of nitrogens with one attached hydrogen (secondary N) is 1. The van der Waals surface area contributed by atoms with Crippen LogP contribution in [0.5, 0.6) is 0 Å². The molecule has 2 rings (SSSR count). The van der Waals surface area contributed by atoms with Crippen molar-refractivity contribution in [2.24, 2.45) is 0 Å². The lowest BCUT2D eigenvalue weighted by molar-refractivity contribution is -0.959. The van der Waals surface area contributed by atoms with E-state index in [1.807, 2.05) is 0 Å². The van der Waals surface area contributed by atoms with Crippen molar-refractivity contribution in [2.75, 3.05) is 19.7 Å². The number of aliphatic hydroxyl groups is 4. The van der Waals surface area contributed by atoms with E-state index in [1.165, 1.54) is 6.42 Å². The Morgan fingerprint density at radius 2 is 1.59 bits per heavy atom. The van der Waals surface area contributed by atoms with Gasteiger partial charge < -0.3 is 30.1 Å². The highest BCUT2D eigenvalue weighted by Gasteiger charge is 2.48. The summed E-state index contributed by atoms with van der Waals surface area (Å²) in [6.45, 7) is 1.43. The second-order valence-electron chi connectivity index (χ2n) is 4.97. The molecule has 5 atom stereocenters. The first-order chi connectivity index (χ1) is 8.15. The third-order valence-corrected chi connectivity index (χ3v) is 3.79. The molecule has 0 aliphatic carbocycles. The van der Waals surface area contributed by atoms with Crippen molar-refractivity contribution >= 4 is 0 Å². The Balaban J connectivity index is 2.04. The predicted octanol–water partition coefficient (Wildman–Crippen LogP) is -3.14. The van der Waals surface area contributed by atoms with Gasteiger partial charge in [0.05, 0.1) is 19.7 Å². The van der Waals surface area contributed by atoms with Gasteiger partial charge in [-0.1, -0.05) is 0 Å². The number of piperidine rings is 1. The topological polar surface area (TPSA) is 94.6 Å². The molecule has 2 aliphatic heterocycles. The van der Waals surface area contributed by atoms with Gasteiger partial charge in [0.2, 0.25) is 6.23 Å². The van der Waals surface area contributed by atoms with Crippen LogP contribution in [0.4, 0.5) is 0 Å². The number of aliphatic hydroxyl groups excluding tert-OH is 4. The molecule has 6 heteroatoms. The largest absolute Gasteiger partial charge is 0.394 e. The molecule has 2 heterocycles. The standard InChI is InChI=1S/C11H21NO5/c13-6-7-8(14)9(15)10(16)11(17-7)12-4-2-1-3-5-12/h7-11,13-16H,1-6H2/p+1/t7-,8+,9+,10+,11-/m0/s1. The molecule has 0 unspecified atom stereocenters. The predicted molar refractivity (Wildman–Crippen MR) is 58.3 cm³/mol. The van der Waals surface area contributed by atoms with Gasteiger partial charge in [0.1, 0.15) is 18.3 Å². The normalized spacial score (nSPS) is 44.8. The van der Waals surface area contributed by atoms with Gasteiger partial charge in [-0.2, -0.15) is 0 Å². The fraction of sp³-hybridized carbons (Fsp3) is 1.00. The van der Waals surface area contributed by atoms with Crippen LogP contribution in [0.15, 0.2) is 0 Å². The lowest BCUT2D eigenvalue weighted by atomic mass is 9.97. The fourth-order valence-electron chi connectivity index (χ4n) is 2.73. The first kappa shape index (κ1) is 13.2. The Labute approximate surface area is 100 Å². The zero-order valence-corrected chi connectivity index (χ0v) is 9.83. The van der Waals surface area contributed by atoms with E-state index in [0.717, 1.165) is 30.8 Å². The van der Waals surface area contributed by atoms with E-state index in [2.05, 4.69) is 0 Å². The summed E-state index contributed by atoms with van der Waals surface area (Å²) in [5, 5.41) is 38.4. The number of ether oxygens (including phenoxy) is 1. The van der Waals surface area contributed by atoms with Gasteiger partial charge >= 0.3 is 0 Å². The number of likely N-dealkylation sites (tertiary alicyclic amines) is 1. The average molecular weight is 248 g/mol. The molecule has 0 amide bonds. The second kappa shape index (κ2) is 5.60. The third kappa shape index (κ3) is 2.62. The van der Waals surface area contributed by atoms with Gasteiger partial charge in [0, 0.05) is 0 Å². The molecule has 6 nitrogen and oxygen atoms in total. The molecule has 2 aliphatic rings. The maximum Gasteiger partial charge on any atom is 0.221 e. The van der Waals surface area contributed by atoms with E-state index in [-0.39, 0.29) is 6.61 Å². The second-order valence-corrected chi connectivity index (χ2v) is 4.97. The Morgan fingerprint density at radius 3 is 2.18 bits per heavy atom. The summed E-state index contributed by atoms with van der Waals surface area (Å²) in [4.78, 5) is 1.09. The molecule has 0 bridgehead atoms. The molecular weight excluding hydrogens is 226 g/mol. The van der Waals surface area contributed by atoms with E-state index in [0.29, 0.717) is 0 Å². The lowest BCUT2D eigenvalue weighted by Crippen LogP contribution is -3.19. The molecule has 0 saturated carbocycles. The molecule has 2 saturated heterocycles. The summed E-state index contributed by atoms with van der Waals surface area (Å²) >= 11 is 0. The number of rotatable bonds is 2. The highest BCUT2D eigenvalue weighted by Crippen LogP contribution is 2.18. The van der Waals surface area contributed by atoms with Gasteiger partial charge in [0.25, 0.3) is 0 Å². The summed E-state index contributed by atoms with van der Waals surface area (Å²) < 4.78 is 5.52. The minimum Gasteiger partial charge on any atom is -0.394 e. The van der Waals surface area contributed by atoms with Crippen molar-refractivity contribution in [3.05, 3.63) is 0 Å². The minimum absolute atomic E-state index is 0.352. The first-order valence-electron chi connectivity index (χ1n) is 6.30. The van der Waals surface area contributed by atoms with Gasteiger partial charge in [0.15, 0.2) is 6.10 Å². The Morgan fingerprint density at radius 1 is 0.941 bits per heavy atom. The van der Waals surface area contributed by atoms with E-state index in [1.54, 1.807) is 0 Å². The van der Waals surface area contributed by atoms with Crippen LogP contribution < -0.4 is 4.90 Å². The smallest absolute Gasteiger partial charge is 0.221 e. The zero-order chi connectivity index (χ0) is 12.4. The average Bonchev–Trinajstić information content (AvgIpc) is 2.37. The molecule has 0 spiro atoms. The van der Waals surface area contributed by atoms with E-state index < -0.39 is 30.6 Å².